The minimum Gasteiger partial charge on any atom is -0.391 e. The lowest BCUT2D eigenvalue weighted by Crippen LogP contribution is -2.11. The molecule has 0 aliphatic rings. The van der Waals surface area contributed by atoms with Gasteiger partial charge in [-0.15, -0.1) is 0 Å². The smallest absolute Gasteiger partial charge is 0.0774 e. The molecule has 1 unspecified atom stereocenters. The third-order valence-corrected chi connectivity index (χ3v) is 0.947. The predicted octanol–water partition coefficient (Wildman–Crippen LogP) is 0.234. The second kappa shape index (κ2) is 6.99. The number of rotatable bonds is 6. The van der Waals surface area contributed by atoms with E-state index in [0.717, 1.165) is 6.42 Å². The standard InChI is InChI=1S/C7H15O3/c1-7(8)6-10-5-3-4-9-2/h7-8H,1,3-6H2,2H3. The Morgan fingerprint density at radius 2 is 2.20 bits per heavy atom. The van der Waals surface area contributed by atoms with Crippen LogP contribution < -0.4 is 0 Å². The highest BCUT2D eigenvalue weighted by atomic mass is 16.5. The van der Waals surface area contributed by atoms with E-state index in [-0.39, 0.29) is 0 Å². The van der Waals surface area contributed by atoms with E-state index in [4.69, 9.17) is 14.6 Å². The van der Waals surface area contributed by atoms with Crippen molar-refractivity contribution in [2.24, 2.45) is 0 Å². The molecule has 0 aliphatic carbocycles. The molecule has 0 saturated heterocycles. The zero-order valence-electron chi connectivity index (χ0n) is 6.38. The molecule has 0 spiro atoms. The van der Waals surface area contributed by atoms with Crippen LogP contribution in [0.4, 0.5) is 0 Å². The molecule has 0 aliphatic heterocycles. The van der Waals surface area contributed by atoms with Gasteiger partial charge in [0.15, 0.2) is 0 Å². The van der Waals surface area contributed by atoms with E-state index in [1.54, 1.807) is 7.11 Å². The van der Waals surface area contributed by atoms with Crippen molar-refractivity contribution >= 4 is 0 Å². The molecule has 0 bridgehead atoms. The Hall–Kier alpha value is -0.120. The van der Waals surface area contributed by atoms with E-state index in [2.05, 4.69) is 6.92 Å². The summed E-state index contributed by atoms with van der Waals surface area (Å²) in [6.45, 7) is 4.99. The first kappa shape index (κ1) is 9.88. The molecule has 0 amide bonds. The number of hydrogen-bond acceptors (Lipinski definition) is 3. The van der Waals surface area contributed by atoms with E-state index < -0.39 is 6.10 Å². The summed E-state index contributed by atoms with van der Waals surface area (Å²) < 4.78 is 9.80. The minimum absolute atomic E-state index is 0.309. The van der Waals surface area contributed by atoms with Crippen LogP contribution in [0.3, 0.4) is 0 Å². The summed E-state index contributed by atoms with van der Waals surface area (Å²) in [5, 5.41) is 8.64. The Balaban J connectivity index is 2.77. The number of aliphatic hydroxyl groups excluding tert-OH is 1. The monoisotopic (exact) mass is 147 g/mol. The second-order valence-electron chi connectivity index (χ2n) is 2.08. The molecule has 0 aromatic rings. The molecular weight excluding hydrogens is 132 g/mol. The number of ether oxygens (including phenoxy) is 2. The zero-order chi connectivity index (χ0) is 7.82. The SMILES string of the molecule is [CH2]C(O)COCCCOC. The Morgan fingerprint density at radius 3 is 2.70 bits per heavy atom. The van der Waals surface area contributed by atoms with Crippen molar-refractivity contribution < 1.29 is 14.6 Å². The van der Waals surface area contributed by atoms with Gasteiger partial charge in [-0.05, 0) is 13.3 Å². The van der Waals surface area contributed by atoms with Crippen LogP contribution in [0.25, 0.3) is 0 Å². The van der Waals surface area contributed by atoms with Gasteiger partial charge in [-0.2, -0.15) is 0 Å². The van der Waals surface area contributed by atoms with Crippen LogP contribution in [-0.2, 0) is 9.47 Å². The maximum absolute atomic E-state index is 8.64. The molecular formula is C7H15O3. The van der Waals surface area contributed by atoms with E-state index in [1.165, 1.54) is 0 Å². The number of hydrogen-bond donors (Lipinski definition) is 1. The van der Waals surface area contributed by atoms with Crippen LogP contribution in [0.1, 0.15) is 6.42 Å². The Kier molecular flexibility index (Phi) is 6.91. The fourth-order valence-electron chi connectivity index (χ4n) is 0.525. The summed E-state index contributed by atoms with van der Waals surface area (Å²) in [6.07, 6.45) is 0.256. The normalized spacial score (nSPS) is 13.5. The molecule has 0 heterocycles. The maximum Gasteiger partial charge on any atom is 0.0774 e. The maximum atomic E-state index is 8.64. The number of methoxy groups -OCH3 is 1. The van der Waals surface area contributed by atoms with Crippen molar-refractivity contribution in [3.63, 3.8) is 0 Å². The zero-order valence-corrected chi connectivity index (χ0v) is 6.38. The summed E-state index contributed by atoms with van der Waals surface area (Å²) in [4.78, 5) is 0. The molecule has 61 valence electrons. The van der Waals surface area contributed by atoms with Crippen LogP contribution in [0.5, 0.6) is 0 Å². The Bertz CT molecular complexity index is 63.9. The molecule has 0 fully saturated rings. The summed E-state index contributed by atoms with van der Waals surface area (Å²) in [6, 6.07) is 0. The lowest BCUT2D eigenvalue weighted by Gasteiger charge is -2.04. The molecule has 0 aromatic heterocycles. The minimum atomic E-state index is -0.609. The fraction of sp³-hybridized carbons (Fsp3) is 0.857. The van der Waals surface area contributed by atoms with Gasteiger partial charge < -0.3 is 14.6 Å². The van der Waals surface area contributed by atoms with E-state index in [1.807, 2.05) is 0 Å². The lowest BCUT2D eigenvalue weighted by molar-refractivity contribution is 0.0474. The van der Waals surface area contributed by atoms with Crippen molar-refractivity contribution in [2.75, 3.05) is 26.9 Å². The van der Waals surface area contributed by atoms with Gasteiger partial charge in [0.1, 0.15) is 0 Å². The van der Waals surface area contributed by atoms with Crippen molar-refractivity contribution in [1.82, 2.24) is 0 Å². The summed E-state index contributed by atoms with van der Waals surface area (Å²) in [7, 11) is 1.65. The summed E-state index contributed by atoms with van der Waals surface area (Å²) in [5.74, 6) is 0. The van der Waals surface area contributed by atoms with Crippen molar-refractivity contribution in [1.29, 1.82) is 0 Å². The topological polar surface area (TPSA) is 38.7 Å². The average Bonchev–Trinajstić information content (AvgIpc) is 1.87. The van der Waals surface area contributed by atoms with Crippen LogP contribution >= 0.6 is 0 Å². The molecule has 0 rings (SSSR count). The highest BCUT2D eigenvalue weighted by molar-refractivity contribution is 4.52. The quantitative estimate of drug-likeness (QED) is 0.547. The van der Waals surface area contributed by atoms with Crippen molar-refractivity contribution in [3.05, 3.63) is 6.92 Å². The molecule has 1 atom stereocenters. The number of aliphatic hydroxyl groups is 1. The fourth-order valence-corrected chi connectivity index (χ4v) is 0.525. The molecule has 1 N–H and O–H groups in total. The molecule has 3 nitrogen and oxygen atoms in total. The van der Waals surface area contributed by atoms with E-state index >= 15 is 0 Å². The van der Waals surface area contributed by atoms with Gasteiger partial charge >= 0.3 is 0 Å². The van der Waals surface area contributed by atoms with Crippen molar-refractivity contribution in [2.45, 2.75) is 12.5 Å². The van der Waals surface area contributed by atoms with Crippen molar-refractivity contribution in [3.8, 4) is 0 Å². The third-order valence-electron chi connectivity index (χ3n) is 0.947. The predicted molar refractivity (Wildman–Crippen MR) is 38.7 cm³/mol. The first-order chi connectivity index (χ1) is 4.77. The first-order valence-electron chi connectivity index (χ1n) is 3.35. The molecule has 1 radical (unpaired) electrons. The van der Waals surface area contributed by atoms with Crippen LogP contribution in [-0.4, -0.2) is 38.1 Å². The van der Waals surface area contributed by atoms with E-state index in [0.29, 0.717) is 19.8 Å². The van der Waals surface area contributed by atoms with Gasteiger partial charge in [0.25, 0.3) is 0 Å². The average molecular weight is 147 g/mol. The highest BCUT2D eigenvalue weighted by Crippen LogP contribution is 1.85. The van der Waals surface area contributed by atoms with Crippen LogP contribution in [0, 0.1) is 6.92 Å². The molecule has 0 aromatic carbocycles. The largest absolute Gasteiger partial charge is 0.391 e. The third kappa shape index (κ3) is 7.88. The van der Waals surface area contributed by atoms with Gasteiger partial charge in [0.05, 0.1) is 12.7 Å². The Morgan fingerprint density at radius 1 is 1.50 bits per heavy atom. The van der Waals surface area contributed by atoms with E-state index in [9.17, 15) is 0 Å². The Labute approximate surface area is 62.0 Å². The second-order valence-corrected chi connectivity index (χ2v) is 2.08. The van der Waals surface area contributed by atoms with Gasteiger partial charge in [-0.3, -0.25) is 0 Å². The summed E-state index contributed by atoms with van der Waals surface area (Å²) in [5.41, 5.74) is 0. The molecule has 0 saturated carbocycles. The van der Waals surface area contributed by atoms with Gasteiger partial charge in [-0.25, -0.2) is 0 Å². The van der Waals surface area contributed by atoms with Gasteiger partial charge in [0, 0.05) is 20.3 Å². The molecule has 10 heavy (non-hydrogen) atoms. The summed E-state index contributed by atoms with van der Waals surface area (Å²) >= 11 is 0. The van der Waals surface area contributed by atoms with Crippen LogP contribution in [0.2, 0.25) is 0 Å². The van der Waals surface area contributed by atoms with Gasteiger partial charge in [0.2, 0.25) is 0 Å². The lowest BCUT2D eigenvalue weighted by atomic mass is 10.4. The van der Waals surface area contributed by atoms with Gasteiger partial charge in [-0.1, -0.05) is 0 Å². The molecule has 3 heteroatoms. The van der Waals surface area contributed by atoms with Crippen LogP contribution in [0.15, 0.2) is 0 Å². The highest BCUT2D eigenvalue weighted by Gasteiger charge is 1.93. The first-order valence-corrected chi connectivity index (χ1v) is 3.35.